The topological polar surface area (TPSA) is 3.01 Å². The normalized spacial score (nSPS) is 11.3. The Bertz CT molecular complexity index is 177. The first-order chi connectivity index (χ1) is 5.31. The van der Waals surface area contributed by atoms with Gasteiger partial charge in [-0.2, -0.15) is 0 Å². The largest absolute Gasteiger partial charge is 0.245 e. The van der Waals surface area contributed by atoms with E-state index < -0.39 is 8.07 Å². The van der Waals surface area contributed by atoms with Crippen LogP contribution in [-0.4, -0.2) is 33.0 Å². The molecule has 0 aliphatic carbocycles. The minimum absolute atomic E-state index is 0.931. The lowest BCUT2D eigenvalue weighted by molar-refractivity contribution is -0.487. The van der Waals surface area contributed by atoms with Gasteiger partial charge >= 0.3 is 0 Å². The molecule has 0 atom stereocenters. The van der Waals surface area contributed by atoms with Crippen LogP contribution in [0.2, 0.25) is 25.7 Å². The Morgan fingerprint density at radius 1 is 1.33 bits per heavy atom. The number of rotatable bonds is 5. The molecule has 2 heteroatoms. The van der Waals surface area contributed by atoms with Gasteiger partial charge in [0.05, 0.1) is 0 Å². The van der Waals surface area contributed by atoms with Crippen LogP contribution >= 0.6 is 0 Å². The van der Waals surface area contributed by atoms with E-state index in [0.717, 1.165) is 13.0 Å². The summed E-state index contributed by atoms with van der Waals surface area (Å²) in [4.78, 5) is 0. The summed E-state index contributed by atoms with van der Waals surface area (Å²) >= 11 is 0. The Morgan fingerprint density at radius 2 is 1.83 bits per heavy atom. The molecule has 0 unspecified atom stereocenters. The third-order valence-electron chi connectivity index (χ3n) is 1.63. The Kier molecular flexibility index (Phi) is 4.46. The monoisotopic (exact) mass is 184 g/mol. The highest BCUT2D eigenvalue weighted by atomic mass is 28.3. The number of hydrogen-bond acceptors (Lipinski definition) is 0. The minimum Gasteiger partial charge on any atom is -0.245 e. The molecule has 0 amide bonds. The molecule has 70 valence electrons. The molecular weight excluding hydrogens is 162 g/mol. The van der Waals surface area contributed by atoms with Crippen molar-refractivity contribution in [2.24, 2.45) is 0 Å². The molecule has 0 fully saturated rings. The van der Waals surface area contributed by atoms with Gasteiger partial charge in [-0.1, -0.05) is 31.8 Å². The molecule has 12 heavy (non-hydrogen) atoms. The molecule has 0 rings (SSSR count). The molecule has 1 nitrogen and oxygen atoms in total. The van der Waals surface area contributed by atoms with Gasteiger partial charge in [0.1, 0.15) is 20.3 Å². The summed E-state index contributed by atoms with van der Waals surface area (Å²) < 4.78 is 1.97. The second kappa shape index (κ2) is 4.60. The molecule has 0 saturated carbocycles. The SMILES string of the molecule is C=C(CC[N+](=C)C)C[Si](C)(C)C. The quantitative estimate of drug-likeness (QED) is 0.267. The Balaban J connectivity index is 3.68. The maximum absolute atomic E-state index is 4.09. The van der Waals surface area contributed by atoms with E-state index in [0.29, 0.717) is 0 Å². The van der Waals surface area contributed by atoms with Crippen LogP contribution in [-0.2, 0) is 0 Å². The average molecular weight is 184 g/mol. The fraction of sp³-hybridized carbons (Fsp3) is 0.700. The molecule has 0 aromatic rings. The van der Waals surface area contributed by atoms with Crippen LogP contribution in [0.15, 0.2) is 12.2 Å². The number of nitrogens with zero attached hydrogens (tertiary/aromatic N) is 1. The minimum atomic E-state index is -0.931. The molecule has 0 heterocycles. The zero-order valence-corrected chi connectivity index (χ0v) is 9.98. The molecule has 0 bridgehead atoms. The van der Waals surface area contributed by atoms with Crippen molar-refractivity contribution in [3.63, 3.8) is 0 Å². The van der Waals surface area contributed by atoms with E-state index in [4.69, 9.17) is 0 Å². The lowest BCUT2D eigenvalue weighted by atomic mass is 10.2. The lowest BCUT2D eigenvalue weighted by Gasteiger charge is -2.16. The summed E-state index contributed by atoms with van der Waals surface area (Å²) in [5, 5.41) is 0. The highest BCUT2D eigenvalue weighted by Crippen LogP contribution is 2.16. The maximum Gasteiger partial charge on any atom is 0.145 e. The van der Waals surface area contributed by atoms with Gasteiger partial charge in [0.2, 0.25) is 0 Å². The van der Waals surface area contributed by atoms with Gasteiger partial charge < -0.3 is 0 Å². The van der Waals surface area contributed by atoms with Gasteiger partial charge in [-0.3, -0.25) is 0 Å². The van der Waals surface area contributed by atoms with Crippen molar-refractivity contribution in [2.75, 3.05) is 13.6 Å². The number of hydrogen-bond donors (Lipinski definition) is 0. The van der Waals surface area contributed by atoms with Gasteiger partial charge in [0.15, 0.2) is 0 Å². The van der Waals surface area contributed by atoms with Crippen molar-refractivity contribution in [1.82, 2.24) is 0 Å². The first kappa shape index (κ1) is 11.6. The fourth-order valence-corrected chi connectivity index (χ4v) is 2.86. The maximum atomic E-state index is 4.09. The van der Waals surface area contributed by atoms with E-state index in [2.05, 4.69) is 32.9 Å². The van der Waals surface area contributed by atoms with Crippen molar-refractivity contribution in [2.45, 2.75) is 32.1 Å². The summed E-state index contributed by atoms with van der Waals surface area (Å²) in [6.07, 6.45) is 1.10. The predicted molar refractivity (Wildman–Crippen MR) is 60.1 cm³/mol. The molecule has 0 aliphatic rings. The third kappa shape index (κ3) is 7.73. The first-order valence-electron chi connectivity index (χ1n) is 4.49. The van der Waals surface area contributed by atoms with Gasteiger partial charge in [0.25, 0.3) is 0 Å². The van der Waals surface area contributed by atoms with Crippen LogP contribution in [0.4, 0.5) is 0 Å². The summed E-state index contributed by atoms with van der Waals surface area (Å²) in [5.41, 5.74) is 1.39. The summed E-state index contributed by atoms with van der Waals surface area (Å²) in [7, 11) is 1.07. The van der Waals surface area contributed by atoms with Crippen LogP contribution in [0, 0.1) is 0 Å². The molecule has 0 aromatic carbocycles. The van der Waals surface area contributed by atoms with Gasteiger partial charge in [-0.15, -0.1) is 0 Å². The van der Waals surface area contributed by atoms with E-state index in [1.165, 1.54) is 11.6 Å². The standard InChI is InChI=1S/C10H22NSi/c1-10(7-8-11(2)3)9-12(4,5)6/h1-2,7-9H2,3-6H3/q+1. The molecule has 0 radical (unpaired) electrons. The van der Waals surface area contributed by atoms with Crippen LogP contribution in [0.5, 0.6) is 0 Å². The van der Waals surface area contributed by atoms with Crippen LogP contribution in [0.25, 0.3) is 0 Å². The highest BCUT2D eigenvalue weighted by molar-refractivity contribution is 6.76. The average Bonchev–Trinajstić information content (AvgIpc) is 1.79. The van der Waals surface area contributed by atoms with Crippen LogP contribution < -0.4 is 0 Å². The molecule has 0 spiro atoms. The second-order valence-electron chi connectivity index (χ2n) is 4.82. The van der Waals surface area contributed by atoms with Crippen molar-refractivity contribution >= 4 is 14.8 Å². The predicted octanol–water partition coefficient (Wildman–Crippen LogP) is 2.61. The van der Waals surface area contributed by atoms with Crippen molar-refractivity contribution in [3.05, 3.63) is 12.2 Å². The molecular formula is C10H22NSi+. The smallest absolute Gasteiger partial charge is 0.145 e. The lowest BCUT2D eigenvalue weighted by Crippen LogP contribution is -2.20. The summed E-state index contributed by atoms with van der Waals surface area (Å²) in [6.45, 7) is 16.1. The summed E-state index contributed by atoms with van der Waals surface area (Å²) in [5.74, 6) is 0. The van der Waals surface area contributed by atoms with Crippen LogP contribution in [0.3, 0.4) is 0 Å². The zero-order chi connectivity index (χ0) is 9.78. The van der Waals surface area contributed by atoms with Crippen molar-refractivity contribution in [1.29, 1.82) is 0 Å². The van der Waals surface area contributed by atoms with Gasteiger partial charge in [-0.05, 0) is 6.04 Å². The van der Waals surface area contributed by atoms with E-state index in [-0.39, 0.29) is 0 Å². The first-order valence-corrected chi connectivity index (χ1v) is 8.20. The Morgan fingerprint density at radius 3 is 2.17 bits per heavy atom. The van der Waals surface area contributed by atoms with E-state index in [1.807, 2.05) is 11.6 Å². The molecule has 0 aliphatic heterocycles. The zero-order valence-electron chi connectivity index (χ0n) is 8.98. The Hall–Kier alpha value is -0.373. The molecule has 0 aromatic heterocycles. The van der Waals surface area contributed by atoms with Crippen LogP contribution in [0.1, 0.15) is 6.42 Å². The highest BCUT2D eigenvalue weighted by Gasteiger charge is 2.14. The Labute approximate surface area is 77.8 Å². The third-order valence-corrected chi connectivity index (χ3v) is 3.19. The molecule has 0 N–H and O–H groups in total. The van der Waals surface area contributed by atoms with Gasteiger partial charge in [0, 0.05) is 14.5 Å². The van der Waals surface area contributed by atoms with E-state index in [1.54, 1.807) is 0 Å². The summed E-state index contributed by atoms with van der Waals surface area (Å²) in [6, 6.07) is 1.25. The van der Waals surface area contributed by atoms with Crippen molar-refractivity contribution in [3.8, 4) is 0 Å². The fourth-order valence-electron chi connectivity index (χ4n) is 1.19. The van der Waals surface area contributed by atoms with Crippen molar-refractivity contribution < 1.29 is 4.58 Å². The van der Waals surface area contributed by atoms with Gasteiger partial charge in [-0.25, -0.2) is 4.58 Å². The molecule has 0 saturated heterocycles. The van der Waals surface area contributed by atoms with E-state index >= 15 is 0 Å². The van der Waals surface area contributed by atoms with E-state index in [9.17, 15) is 0 Å². The second-order valence-corrected chi connectivity index (χ2v) is 10.3.